The quantitative estimate of drug-likeness (QED) is 0.610. The number of benzene rings is 2. The number of H-pyrrole nitrogens is 1. The molecule has 1 heterocycles. The molecule has 2 amide bonds. The number of aromatic amines is 1. The van der Waals surface area contributed by atoms with Gasteiger partial charge in [0.2, 0.25) is 0 Å². The van der Waals surface area contributed by atoms with E-state index < -0.39 is 0 Å². The summed E-state index contributed by atoms with van der Waals surface area (Å²) in [5, 5.41) is 4.01. The fourth-order valence-corrected chi connectivity index (χ4v) is 4.29. The summed E-state index contributed by atoms with van der Waals surface area (Å²) in [7, 11) is 0. The Kier molecular flexibility index (Phi) is 5.62. The highest BCUT2D eigenvalue weighted by atomic mass is 16.2. The normalized spacial score (nSPS) is 14.2. The van der Waals surface area contributed by atoms with Gasteiger partial charge >= 0.3 is 6.03 Å². The molecule has 0 atom stereocenters. The standard InChI is InChI=1S/C25H29N3O2/c1-16-8-12-21(13-9-16)26-25(30)28(22-6-4-5-7-22)15-20-14-19-11-10-17(2)18(3)23(19)27-24(20)29/h8-14,22H,4-7,15H2,1-3H3,(H,26,30)(H,27,29). The van der Waals surface area contributed by atoms with Crippen molar-refractivity contribution >= 4 is 22.6 Å². The first-order valence-corrected chi connectivity index (χ1v) is 10.7. The van der Waals surface area contributed by atoms with Crippen LogP contribution in [0.3, 0.4) is 0 Å². The van der Waals surface area contributed by atoms with Gasteiger partial charge in [-0.2, -0.15) is 0 Å². The molecule has 156 valence electrons. The number of fused-ring (bicyclic) bond motifs is 1. The van der Waals surface area contributed by atoms with Crippen molar-refractivity contribution < 1.29 is 4.79 Å². The first-order valence-electron chi connectivity index (χ1n) is 10.7. The van der Waals surface area contributed by atoms with Crippen LogP contribution in [0.15, 0.2) is 47.3 Å². The van der Waals surface area contributed by atoms with Gasteiger partial charge in [0.15, 0.2) is 0 Å². The predicted molar refractivity (Wildman–Crippen MR) is 122 cm³/mol. The summed E-state index contributed by atoms with van der Waals surface area (Å²) in [6.07, 6.45) is 4.19. The van der Waals surface area contributed by atoms with Gasteiger partial charge in [-0.05, 0) is 68.3 Å². The average Bonchev–Trinajstić information content (AvgIpc) is 3.26. The zero-order valence-corrected chi connectivity index (χ0v) is 17.9. The van der Waals surface area contributed by atoms with E-state index in [9.17, 15) is 9.59 Å². The van der Waals surface area contributed by atoms with Crippen LogP contribution in [-0.4, -0.2) is 22.0 Å². The Morgan fingerprint density at radius 1 is 1.07 bits per heavy atom. The van der Waals surface area contributed by atoms with Gasteiger partial charge < -0.3 is 15.2 Å². The molecule has 1 saturated carbocycles. The maximum absolute atomic E-state index is 13.2. The Bertz CT molecular complexity index is 1130. The maximum atomic E-state index is 13.2. The first-order chi connectivity index (χ1) is 14.4. The maximum Gasteiger partial charge on any atom is 0.322 e. The van der Waals surface area contributed by atoms with Gasteiger partial charge in [0.05, 0.1) is 12.1 Å². The molecular formula is C25H29N3O2. The number of urea groups is 1. The fourth-order valence-electron chi connectivity index (χ4n) is 4.29. The summed E-state index contributed by atoms with van der Waals surface area (Å²) >= 11 is 0. The molecule has 3 aromatic rings. The molecule has 0 saturated heterocycles. The lowest BCUT2D eigenvalue weighted by molar-refractivity contribution is 0.184. The molecule has 0 spiro atoms. The summed E-state index contributed by atoms with van der Waals surface area (Å²) in [6.45, 7) is 6.39. The van der Waals surface area contributed by atoms with E-state index in [4.69, 9.17) is 0 Å². The van der Waals surface area contributed by atoms with Gasteiger partial charge in [-0.25, -0.2) is 4.79 Å². The van der Waals surface area contributed by atoms with Crippen LogP contribution in [0.25, 0.3) is 10.9 Å². The average molecular weight is 404 g/mol. The second-order valence-electron chi connectivity index (χ2n) is 8.46. The number of amides is 2. The first kappa shape index (κ1) is 20.2. The van der Waals surface area contributed by atoms with Gasteiger partial charge in [0.1, 0.15) is 0 Å². The monoisotopic (exact) mass is 403 g/mol. The molecule has 0 unspecified atom stereocenters. The van der Waals surface area contributed by atoms with Crippen LogP contribution in [0.2, 0.25) is 0 Å². The molecule has 0 bridgehead atoms. The summed E-state index contributed by atoms with van der Waals surface area (Å²) in [6, 6.07) is 13.8. The van der Waals surface area contributed by atoms with Gasteiger partial charge in [0.25, 0.3) is 5.56 Å². The highest BCUT2D eigenvalue weighted by Gasteiger charge is 2.27. The minimum Gasteiger partial charge on any atom is -0.321 e. The Morgan fingerprint density at radius 3 is 2.47 bits per heavy atom. The van der Waals surface area contributed by atoms with E-state index in [-0.39, 0.29) is 17.6 Å². The molecular weight excluding hydrogens is 374 g/mol. The zero-order valence-electron chi connectivity index (χ0n) is 17.9. The molecule has 1 aromatic heterocycles. The van der Waals surface area contributed by atoms with Crippen LogP contribution < -0.4 is 10.9 Å². The smallest absolute Gasteiger partial charge is 0.321 e. The van der Waals surface area contributed by atoms with Crippen LogP contribution in [0.5, 0.6) is 0 Å². The van der Waals surface area contributed by atoms with E-state index in [1.54, 1.807) is 0 Å². The number of hydrogen-bond donors (Lipinski definition) is 2. The molecule has 2 N–H and O–H groups in total. The number of pyridine rings is 1. The van der Waals surface area contributed by atoms with E-state index in [2.05, 4.69) is 16.4 Å². The molecule has 30 heavy (non-hydrogen) atoms. The van der Waals surface area contributed by atoms with E-state index in [0.29, 0.717) is 12.1 Å². The number of anilines is 1. The van der Waals surface area contributed by atoms with Crippen molar-refractivity contribution in [2.75, 3.05) is 5.32 Å². The molecule has 0 radical (unpaired) electrons. The largest absolute Gasteiger partial charge is 0.322 e. The lowest BCUT2D eigenvalue weighted by Crippen LogP contribution is -2.42. The van der Waals surface area contributed by atoms with Crippen molar-refractivity contribution in [3.05, 3.63) is 75.1 Å². The van der Waals surface area contributed by atoms with Crippen molar-refractivity contribution in [3.8, 4) is 0 Å². The van der Waals surface area contributed by atoms with Gasteiger partial charge in [-0.15, -0.1) is 0 Å². The lowest BCUT2D eigenvalue weighted by atomic mass is 10.0. The van der Waals surface area contributed by atoms with E-state index in [1.165, 1.54) is 0 Å². The minimum absolute atomic E-state index is 0.123. The minimum atomic E-state index is -0.148. The van der Waals surface area contributed by atoms with Crippen molar-refractivity contribution in [2.24, 2.45) is 0 Å². The van der Waals surface area contributed by atoms with Crippen LogP contribution >= 0.6 is 0 Å². The molecule has 1 aliphatic rings. The zero-order chi connectivity index (χ0) is 21.3. The number of aromatic nitrogens is 1. The molecule has 1 aliphatic carbocycles. The summed E-state index contributed by atoms with van der Waals surface area (Å²) in [4.78, 5) is 30.9. The van der Waals surface area contributed by atoms with E-state index in [1.807, 2.05) is 62.1 Å². The van der Waals surface area contributed by atoms with Gasteiger partial charge in [-0.3, -0.25) is 4.79 Å². The third-order valence-electron chi connectivity index (χ3n) is 6.30. The van der Waals surface area contributed by atoms with Crippen molar-refractivity contribution in [2.45, 2.75) is 59.0 Å². The molecule has 5 heteroatoms. The van der Waals surface area contributed by atoms with Crippen molar-refractivity contribution in [1.29, 1.82) is 0 Å². The van der Waals surface area contributed by atoms with Gasteiger partial charge in [0, 0.05) is 17.3 Å². The molecule has 5 nitrogen and oxygen atoms in total. The van der Waals surface area contributed by atoms with Crippen LogP contribution in [0, 0.1) is 20.8 Å². The second-order valence-corrected chi connectivity index (χ2v) is 8.46. The van der Waals surface area contributed by atoms with Crippen molar-refractivity contribution in [1.82, 2.24) is 9.88 Å². The van der Waals surface area contributed by atoms with Crippen LogP contribution in [0.1, 0.15) is 47.9 Å². The number of nitrogens with zero attached hydrogens (tertiary/aromatic N) is 1. The molecule has 4 rings (SSSR count). The number of aryl methyl sites for hydroxylation is 3. The SMILES string of the molecule is Cc1ccc(NC(=O)N(Cc2cc3ccc(C)c(C)c3[nH]c2=O)C2CCCC2)cc1. The molecule has 1 fully saturated rings. The Hall–Kier alpha value is -3.08. The summed E-state index contributed by atoms with van der Waals surface area (Å²) in [5.74, 6) is 0. The summed E-state index contributed by atoms with van der Waals surface area (Å²) in [5.41, 5.74) is 5.53. The van der Waals surface area contributed by atoms with Crippen LogP contribution in [-0.2, 0) is 6.54 Å². The van der Waals surface area contributed by atoms with Crippen LogP contribution in [0.4, 0.5) is 10.5 Å². The van der Waals surface area contributed by atoms with Gasteiger partial charge in [-0.1, -0.05) is 42.7 Å². The molecule has 2 aromatic carbocycles. The Balaban J connectivity index is 1.64. The third-order valence-corrected chi connectivity index (χ3v) is 6.30. The second kappa shape index (κ2) is 8.34. The number of nitrogens with one attached hydrogen (secondary N) is 2. The Morgan fingerprint density at radius 2 is 1.77 bits per heavy atom. The number of carbonyl (C=O) groups is 1. The van der Waals surface area contributed by atoms with E-state index in [0.717, 1.165) is 59.0 Å². The Labute approximate surface area is 177 Å². The van der Waals surface area contributed by atoms with Crippen molar-refractivity contribution in [3.63, 3.8) is 0 Å². The third kappa shape index (κ3) is 4.11. The lowest BCUT2D eigenvalue weighted by Gasteiger charge is -2.29. The number of hydrogen-bond acceptors (Lipinski definition) is 2. The highest BCUT2D eigenvalue weighted by molar-refractivity contribution is 5.89. The van der Waals surface area contributed by atoms with E-state index >= 15 is 0 Å². The number of rotatable bonds is 4. The summed E-state index contributed by atoms with van der Waals surface area (Å²) < 4.78 is 0. The topological polar surface area (TPSA) is 65.2 Å². The fraction of sp³-hybridized carbons (Fsp3) is 0.360. The molecule has 0 aliphatic heterocycles. The highest BCUT2D eigenvalue weighted by Crippen LogP contribution is 2.26. The number of carbonyl (C=O) groups excluding carboxylic acids is 1. The predicted octanol–water partition coefficient (Wildman–Crippen LogP) is 5.43.